The van der Waals surface area contributed by atoms with Crippen LogP contribution in [0.1, 0.15) is 29.8 Å². The summed E-state index contributed by atoms with van der Waals surface area (Å²) in [6, 6.07) is 7.55. The molecule has 0 aliphatic heterocycles. The highest BCUT2D eigenvalue weighted by molar-refractivity contribution is 6.43. The number of nitrogens with one attached hydrogen (secondary N) is 1. The van der Waals surface area contributed by atoms with Crippen molar-refractivity contribution in [3.8, 4) is 5.69 Å². The highest BCUT2D eigenvalue weighted by Crippen LogP contribution is 2.31. The van der Waals surface area contributed by atoms with E-state index >= 15 is 0 Å². The van der Waals surface area contributed by atoms with E-state index in [1.165, 1.54) is 0 Å². The Balaban J connectivity index is 1.88. The van der Waals surface area contributed by atoms with Gasteiger partial charge in [0.15, 0.2) is 0 Å². The van der Waals surface area contributed by atoms with Crippen LogP contribution in [0.15, 0.2) is 29.4 Å². The fourth-order valence-corrected chi connectivity index (χ4v) is 2.94. The number of carbonyl (C=O) groups excluding carboxylic acids is 1. The minimum Gasteiger partial charge on any atom is -0.316 e. The summed E-state index contributed by atoms with van der Waals surface area (Å²) in [5, 5.41) is 5.09. The molecule has 23 heavy (non-hydrogen) atoms. The normalized spacial score (nSPS) is 14.4. The number of halogens is 2. The van der Waals surface area contributed by atoms with Crippen LogP contribution in [0.2, 0.25) is 10.0 Å². The van der Waals surface area contributed by atoms with Crippen molar-refractivity contribution < 1.29 is 4.79 Å². The molecule has 0 bridgehead atoms. The van der Waals surface area contributed by atoms with E-state index < -0.39 is 0 Å². The Morgan fingerprint density at radius 3 is 2.78 bits per heavy atom. The fraction of sp³-hybridized carbons (Fsp3) is 0.294. The second-order valence-electron chi connectivity index (χ2n) is 5.74. The largest absolute Gasteiger partial charge is 0.316 e. The first-order chi connectivity index (χ1) is 11.0. The van der Waals surface area contributed by atoms with Crippen molar-refractivity contribution in [1.82, 2.24) is 9.99 Å². The molecule has 0 saturated heterocycles. The van der Waals surface area contributed by atoms with Gasteiger partial charge in [-0.1, -0.05) is 29.3 Å². The van der Waals surface area contributed by atoms with E-state index in [1.807, 2.05) is 36.6 Å². The number of benzene rings is 1. The van der Waals surface area contributed by atoms with Gasteiger partial charge in [-0.05, 0) is 44.9 Å². The third kappa shape index (κ3) is 3.28. The van der Waals surface area contributed by atoms with Gasteiger partial charge in [0.25, 0.3) is 0 Å². The van der Waals surface area contributed by atoms with E-state index in [2.05, 4.69) is 10.5 Å². The Morgan fingerprint density at radius 2 is 2.09 bits per heavy atom. The number of rotatable bonds is 4. The first-order valence-electron chi connectivity index (χ1n) is 7.45. The monoisotopic (exact) mass is 349 g/mol. The molecule has 2 aromatic rings. The second-order valence-corrected chi connectivity index (χ2v) is 6.53. The maximum Gasteiger partial charge on any atom is 0.243 e. The van der Waals surface area contributed by atoms with Gasteiger partial charge in [0.2, 0.25) is 5.91 Å². The Kier molecular flexibility index (Phi) is 4.46. The average molecular weight is 350 g/mol. The average Bonchev–Trinajstić information content (AvgIpc) is 3.31. The fourth-order valence-electron chi connectivity index (χ4n) is 2.56. The van der Waals surface area contributed by atoms with Crippen molar-refractivity contribution in [1.29, 1.82) is 0 Å². The van der Waals surface area contributed by atoms with Crippen LogP contribution >= 0.6 is 23.2 Å². The molecular formula is C17H17Cl2N3O. The lowest BCUT2D eigenvalue weighted by atomic mass is 10.2. The zero-order chi connectivity index (χ0) is 16.6. The van der Waals surface area contributed by atoms with Crippen molar-refractivity contribution in [2.45, 2.75) is 26.7 Å². The number of hydrazone groups is 1. The standard InChI is InChI=1S/C17H17Cl2N3O/c1-10-8-13(9-20-21-17(23)12-6-7-12)11(2)22(10)15-5-3-4-14(18)16(15)19/h3-5,8-9,12H,6-7H2,1-2H3,(H,21,23)/b20-9-. The number of hydrogen-bond donors (Lipinski definition) is 1. The first kappa shape index (κ1) is 16.1. The maximum absolute atomic E-state index is 11.6. The van der Waals surface area contributed by atoms with Gasteiger partial charge in [-0.2, -0.15) is 5.10 Å². The topological polar surface area (TPSA) is 46.4 Å². The summed E-state index contributed by atoms with van der Waals surface area (Å²) < 4.78 is 2.03. The van der Waals surface area contributed by atoms with Gasteiger partial charge < -0.3 is 4.57 Å². The van der Waals surface area contributed by atoms with Crippen LogP contribution < -0.4 is 5.43 Å². The van der Waals surface area contributed by atoms with E-state index in [0.29, 0.717) is 10.0 Å². The van der Waals surface area contributed by atoms with Crippen molar-refractivity contribution in [2.75, 3.05) is 0 Å². The molecule has 1 aliphatic rings. The molecular weight excluding hydrogens is 333 g/mol. The third-order valence-corrected chi connectivity index (χ3v) is 4.78. The number of hydrogen-bond acceptors (Lipinski definition) is 2. The smallest absolute Gasteiger partial charge is 0.243 e. The molecule has 1 heterocycles. The summed E-state index contributed by atoms with van der Waals surface area (Å²) >= 11 is 12.4. The zero-order valence-corrected chi connectivity index (χ0v) is 14.4. The van der Waals surface area contributed by atoms with Crippen molar-refractivity contribution in [2.24, 2.45) is 11.0 Å². The molecule has 120 valence electrons. The molecule has 1 N–H and O–H groups in total. The Labute approximate surface area is 145 Å². The van der Waals surface area contributed by atoms with E-state index in [1.54, 1.807) is 12.3 Å². The van der Waals surface area contributed by atoms with Gasteiger partial charge in [-0.15, -0.1) is 0 Å². The predicted octanol–water partition coefficient (Wildman–Crippen LogP) is 4.26. The molecule has 1 aromatic heterocycles. The molecule has 1 saturated carbocycles. The van der Waals surface area contributed by atoms with Crippen LogP contribution in [0, 0.1) is 19.8 Å². The van der Waals surface area contributed by atoms with Crippen LogP contribution in [0.25, 0.3) is 5.69 Å². The molecule has 6 heteroatoms. The predicted molar refractivity (Wildman–Crippen MR) is 93.7 cm³/mol. The molecule has 1 aliphatic carbocycles. The Hall–Kier alpha value is -1.78. The van der Waals surface area contributed by atoms with Crippen molar-refractivity contribution >= 4 is 35.3 Å². The maximum atomic E-state index is 11.6. The lowest BCUT2D eigenvalue weighted by Crippen LogP contribution is -2.19. The molecule has 1 fully saturated rings. The molecule has 0 unspecified atom stereocenters. The lowest BCUT2D eigenvalue weighted by Gasteiger charge is -2.12. The minimum atomic E-state index is -0.00653. The summed E-state index contributed by atoms with van der Waals surface area (Å²) in [6.45, 7) is 3.97. The highest BCUT2D eigenvalue weighted by atomic mass is 35.5. The Bertz CT molecular complexity index is 791. The summed E-state index contributed by atoms with van der Waals surface area (Å²) in [5.74, 6) is 0.137. The summed E-state index contributed by atoms with van der Waals surface area (Å²) in [6.07, 6.45) is 3.59. The Morgan fingerprint density at radius 1 is 1.35 bits per heavy atom. The van der Waals surface area contributed by atoms with Crippen molar-refractivity contribution in [3.05, 3.63) is 51.3 Å². The van der Waals surface area contributed by atoms with Gasteiger partial charge in [-0.3, -0.25) is 4.79 Å². The molecule has 4 nitrogen and oxygen atoms in total. The molecule has 0 radical (unpaired) electrons. The van der Waals surface area contributed by atoms with Crippen LogP contribution in [-0.4, -0.2) is 16.7 Å². The SMILES string of the molecule is Cc1cc(/C=N\NC(=O)C2CC2)c(C)n1-c1cccc(Cl)c1Cl. The minimum absolute atomic E-state index is 0.00653. The molecule has 3 rings (SSSR count). The molecule has 0 atom stereocenters. The number of aromatic nitrogens is 1. The number of aryl methyl sites for hydroxylation is 1. The summed E-state index contributed by atoms with van der Waals surface area (Å²) in [4.78, 5) is 11.6. The number of amides is 1. The summed E-state index contributed by atoms with van der Waals surface area (Å²) in [7, 11) is 0. The highest BCUT2D eigenvalue weighted by Gasteiger charge is 2.29. The van der Waals surface area contributed by atoms with Crippen LogP contribution in [0.4, 0.5) is 0 Å². The van der Waals surface area contributed by atoms with Crippen molar-refractivity contribution in [3.63, 3.8) is 0 Å². The van der Waals surface area contributed by atoms with Crippen LogP contribution in [-0.2, 0) is 4.79 Å². The molecule has 0 spiro atoms. The van der Waals surface area contributed by atoms with E-state index in [4.69, 9.17) is 23.2 Å². The van der Waals surface area contributed by atoms with Gasteiger partial charge in [-0.25, -0.2) is 5.43 Å². The molecule has 1 aromatic carbocycles. The zero-order valence-electron chi connectivity index (χ0n) is 12.9. The van der Waals surface area contributed by atoms with Crippen LogP contribution in [0.5, 0.6) is 0 Å². The van der Waals surface area contributed by atoms with Crippen LogP contribution in [0.3, 0.4) is 0 Å². The van der Waals surface area contributed by atoms with Gasteiger partial charge in [0, 0.05) is 22.9 Å². The summed E-state index contributed by atoms with van der Waals surface area (Å²) in [5.41, 5.74) is 6.34. The number of nitrogens with zero attached hydrogens (tertiary/aromatic N) is 2. The first-order valence-corrected chi connectivity index (χ1v) is 8.21. The quantitative estimate of drug-likeness (QED) is 0.650. The van der Waals surface area contributed by atoms with E-state index in [9.17, 15) is 4.79 Å². The number of carbonyl (C=O) groups is 1. The van der Waals surface area contributed by atoms with Gasteiger partial charge in [0.1, 0.15) is 0 Å². The van der Waals surface area contributed by atoms with E-state index in [-0.39, 0.29) is 11.8 Å². The molecule has 1 amide bonds. The third-order valence-electron chi connectivity index (χ3n) is 3.97. The second kappa shape index (κ2) is 6.38. The van der Waals surface area contributed by atoms with Gasteiger partial charge in [0.05, 0.1) is 21.9 Å². The van der Waals surface area contributed by atoms with Gasteiger partial charge >= 0.3 is 0 Å². The van der Waals surface area contributed by atoms with E-state index in [0.717, 1.165) is 35.5 Å². The lowest BCUT2D eigenvalue weighted by molar-refractivity contribution is -0.122.